The molecular formula is C32H39F12NO2. The van der Waals surface area contributed by atoms with Crippen molar-refractivity contribution >= 4 is 0 Å². The van der Waals surface area contributed by atoms with Crippen molar-refractivity contribution in [2.45, 2.75) is 107 Å². The highest BCUT2D eigenvalue weighted by molar-refractivity contribution is 5.40. The monoisotopic (exact) mass is 697 g/mol. The minimum Gasteiger partial charge on any atom is -0.508 e. The Bertz CT molecular complexity index is 1300. The van der Waals surface area contributed by atoms with Gasteiger partial charge in [0.25, 0.3) is 0 Å². The molecule has 2 saturated carbocycles. The zero-order valence-corrected chi connectivity index (χ0v) is 25.9. The Kier molecular flexibility index (Phi) is 10.4. The summed E-state index contributed by atoms with van der Waals surface area (Å²) in [6.07, 6.45) is -1.09. The second-order valence-corrected chi connectivity index (χ2v) is 13.7. The van der Waals surface area contributed by atoms with Gasteiger partial charge in [-0.2, -0.15) is 48.3 Å². The summed E-state index contributed by atoms with van der Waals surface area (Å²) >= 11 is 0. The Labute approximate surface area is 265 Å². The zero-order valence-electron chi connectivity index (χ0n) is 25.9. The van der Waals surface area contributed by atoms with E-state index in [2.05, 4.69) is 6.92 Å². The second kappa shape index (κ2) is 12.9. The van der Waals surface area contributed by atoms with Crippen LogP contribution >= 0.6 is 0 Å². The number of likely N-dealkylation sites (N-methyl/N-ethyl adjacent to an activating group) is 1. The fraction of sp³-hybridized carbons (Fsp3) is 0.750. The first-order chi connectivity index (χ1) is 21.5. The van der Waals surface area contributed by atoms with E-state index in [1.54, 1.807) is 12.1 Å². The predicted molar refractivity (Wildman–Crippen MR) is 149 cm³/mol. The molecule has 0 radical (unpaired) electrons. The van der Waals surface area contributed by atoms with Crippen LogP contribution < -0.4 is 0 Å². The maximum absolute atomic E-state index is 14.0. The molecule has 0 spiro atoms. The molecule has 15 heteroatoms. The topological polar surface area (TPSA) is 43.7 Å². The number of fused-ring (bicyclic) bond motifs is 5. The highest BCUT2D eigenvalue weighted by atomic mass is 19.4. The number of allylic oxidation sites excluding steroid dienone is 1. The number of hydrogen-bond acceptors (Lipinski definition) is 3. The first kappa shape index (κ1) is 37.7. The van der Waals surface area contributed by atoms with E-state index < -0.39 is 48.3 Å². The lowest BCUT2D eigenvalue weighted by Gasteiger charge is -2.54. The quantitative estimate of drug-likeness (QED) is 0.169. The minimum absolute atomic E-state index is 0.116. The molecule has 0 saturated heterocycles. The maximum atomic E-state index is 14.0. The van der Waals surface area contributed by atoms with E-state index in [-0.39, 0.29) is 35.6 Å². The van der Waals surface area contributed by atoms with E-state index >= 15 is 0 Å². The lowest BCUT2D eigenvalue weighted by molar-refractivity contribution is -0.419. The minimum atomic E-state index is -7.66. The normalized spacial score (nSPS) is 29.1. The van der Waals surface area contributed by atoms with E-state index in [1.807, 2.05) is 6.07 Å². The molecule has 4 rings (SSSR count). The summed E-state index contributed by atoms with van der Waals surface area (Å²) in [6.45, 7) is 1.42. The third-order valence-electron chi connectivity index (χ3n) is 10.8. The van der Waals surface area contributed by atoms with Gasteiger partial charge in [0.05, 0.1) is 6.10 Å². The molecule has 268 valence electrons. The molecule has 0 aromatic heterocycles. The van der Waals surface area contributed by atoms with Crippen LogP contribution in [-0.4, -0.2) is 71.2 Å². The average Bonchev–Trinajstić information content (AvgIpc) is 3.27. The van der Waals surface area contributed by atoms with Crippen LogP contribution in [-0.2, 0) is 6.42 Å². The molecule has 0 heterocycles. The van der Waals surface area contributed by atoms with Gasteiger partial charge in [-0.15, -0.1) is 0 Å². The van der Waals surface area contributed by atoms with Crippen LogP contribution in [0.2, 0.25) is 0 Å². The van der Waals surface area contributed by atoms with Crippen LogP contribution in [0.4, 0.5) is 52.7 Å². The lowest BCUT2D eigenvalue weighted by Crippen LogP contribution is -2.66. The van der Waals surface area contributed by atoms with Gasteiger partial charge in [-0.3, -0.25) is 0 Å². The van der Waals surface area contributed by atoms with Crippen molar-refractivity contribution in [1.82, 2.24) is 4.90 Å². The Morgan fingerprint density at radius 1 is 0.915 bits per heavy atom. The Morgan fingerprint density at radius 2 is 1.57 bits per heavy atom. The average molecular weight is 698 g/mol. The first-order valence-electron chi connectivity index (χ1n) is 15.6. The molecule has 1 aromatic rings. The number of aliphatic hydroxyl groups is 1. The van der Waals surface area contributed by atoms with E-state index in [0.29, 0.717) is 24.7 Å². The van der Waals surface area contributed by atoms with E-state index in [4.69, 9.17) is 0 Å². The van der Waals surface area contributed by atoms with E-state index in [9.17, 15) is 62.9 Å². The Morgan fingerprint density at radius 3 is 2.21 bits per heavy atom. The van der Waals surface area contributed by atoms with Gasteiger partial charge in [-0.1, -0.05) is 25.8 Å². The Balaban J connectivity index is 1.34. The predicted octanol–water partition coefficient (Wildman–Crippen LogP) is 9.28. The molecule has 0 amide bonds. The zero-order chi connectivity index (χ0) is 35.4. The largest absolute Gasteiger partial charge is 0.508 e. The number of hydrogen-bond donors (Lipinski definition) is 2. The number of halogens is 12. The van der Waals surface area contributed by atoms with Gasteiger partial charge < -0.3 is 15.1 Å². The second-order valence-electron chi connectivity index (χ2n) is 13.7. The van der Waals surface area contributed by atoms with Crippen LogP contribution in [0.1, 0.15) is 75.3 Å². The summed E-state index contributed by atoms with van der Waals surface area (Å²) in [5.41, 5.74) is 2.10. The standard InChI is InChI=1S/C32H39F12NO2/c1-27-17-19(26-21-10-8-20(46)16-18(21)7-9-22(26)23(27)11-12-25(27)47)6-4-3-5-14-45(2)15-13-24(33)28(34,35)29(36,37)30(38,39)31(40,41)32(42,43)44/h8,10,13,16,19,22-23,25-26,46-47H,3-7,9,11-12,14-15,17H2,1-2H3/b24-13-/t19-,22-,23-,25-,26+,27-/m0/s1. The summed E-state index contributed by atoms with van der Waals surface area (Å²) in [6, 6.07) is 5.46. The number of phenolic OH excluding ortho intramolecular Hbond substituents is 1. The van der Waals surface area contributed by atoms with Crippen molar-refractivity contribution in [3.63, 3.8) is 0 Å². The molecule has 3 aliphatic carbocycles. The van der Waals surface area contributed by atoms with Gasteiger partial charge in [0, 0.05) is 6.54 Å². The fourth-order valence-corrected chi connectivity index (χ4v) is 8.27. The number of rotatable bonds is 12. The Hall–Kier alpha value is -2.16. The van der Waals surface area contributed by atoms with Crippen LogP contribution in [0.15, 0.2) is 30.1 Å². The molecule has 0 aliphatic heterocycles. The fourth-order valence-electron chi connectivity index (χ4n) is 8.27. The number of phenols is 1. The smallest absolute Gasteiger partial charge is 0.460 e. The third kappa shape index (κ3) is 6.48. The van der Waals surface area contributed by atoms with Crippen molar-refractivity contribution in [3.8, 4) is 5.75 Å². The molecular weight excluding hydrogens is 658 g/mol. The molecule has 2 fully saturated rings. The molecule has 0 unspecified atom stereocenters. The number of alkyl halides is 11. The van der Waals surface area contributed by atoms with Gasteiger partial charge in [0.2, 0.25) is 0 Å². The van der Waals surface area contributed by atoms with Crippen LogP contribution in [0.3, 0.4) is 0 Å². The van der Waals surface area contributed by atoms with E-state index in [1.165, 1.54) is 17.5 Å². The number of aromatic hydroxyl groups is 1. The SMILES string of the molecule is CN(C/C=C(\F)C(F)(F)C(F)(F)C(F)(F)C(F)(F)C(F)(F)F)CCCCC[C@H]1C[C@]2(C)[C@@H](O)CC[C@H]2[C@@H]2CCc3cc(O)ccc3[C@@H]12. The van der Waals surface area contributed by atoms with Crippen molar-refractivity contribution < 1.29 is 62.9 Å². The van der Waals surface area contributed by atoms with Crippen molar-refractivity contribution in [2.24, 2.45) is 23.2 Å². The van der Waals surface area contributed by atoms with Crippen LogP contribution in [0, 0.1) is 23.2 Å². The maximum Gasteiger partial charge on any atom is 0.460 e. The highest BCUT2D eigenvalue weighted by Gasteiger charge is 2.87. The molecule has 2 N–H and O–H groups in total. The summed E-state index contributed by atoms with van der Waals surface area (Å²) in [4.78, 5) is 1.18. The number of aliphatic hydroxyl groups excluding tert-OH is 1. The molecule has 0 bridgehead atoms. The number of benzene rings is 1. The number of unbranched alkanes of at least 4 members (excludes halogenated alkanes) is 2. The van der Waals surface area contributed by atoms with Crippen molar-refractivity contribution in [3.05, 3.63) is 41.2 Å². The van der Waals surface area contributed by atoms with Crippen molar-refractivity contribution in [2.75, 3.05) is 20.1 Å². The third-order valence-corrected chi connectivity index (χ3v) is 10.8. The van der Waals surface area contributed by atoms with Crippen LogP contribution in [0.25, 0.3) is 0 Å². The number of aryl methyl sites for hydroxylation is 1. The summed E-state index contributed by atoms with van der Waals surface area (Å²) in [7, 11) is 1.27. The molecule has 1 aromatic carbocycles. The molecule has 3 nitrogen and oxygen atoms in total. The van der Waals surface area contributed by atoms with Crippen molar-refractivity contribution in [1.29, 1.82) is 0 Å². The van der Waals surface area contributed by atoms with Gasteiger partial charge >= 0.3 is 29.9 Å². The first-order valence-corrected chi connectivity index (χ1v) is 15.6. The highest BCUT2D eigenvalue weighted by Crippen LogP contribution is 2.64. The van der Waals surface area contributed by atoms with Gasteiger partial charge in [0.15, 0.2) is 5.83 Å². The van der Waals surface area contributed by atoms with Gasteiger partial charge in [-0.05, 0) is 117 Å². The number of nitrogens with zero attached hydrogens (tertiary/aromatic N) is 1. The lowest BCUT2D eigenvalue weighted by atomic mass is 9.51. The molecule has 3 aliphatic rings. The van der Waals surface area contributed by atoms with Crippen LogP contribution in [0.5, 0.6) is 5.75 Å². The molecule has 47 heavy (non-hydrogen) atoms. The summed E-state index contributed by atoms with van der Waals surface area (Å²) in [5.74, 6) is -31.1. The van der Waals surface area contributed by atoms with E-state index in [0.717, 1.165) is 50.5 Å². The summed E-state index contributed by atoms with van der Waals surface area (Å²) in [5, 5.41) is 20.9. The molecule has 6 atom stereocenters. The van der Waals surface area contributed by atoms with Gasteiger partial charge in [-0.25, -0.2) is 4.39 Å². The van der Waals surface area contributed by atoms with Gasteiger partial charge in [0.1, 0.15) is 5.75 Å². The summed E-state index contributed by atoms with van der Waals surface area (Å²) < 4.78 is 159.